The molecule has 3 rings (SSSR count). The molecule has 0 saturated carbocycles. The van der Waals surface area contributed by atoms with Crippen molar-refractivity contribution in [1.29, 1.82) is 0 Å². The first kappa shape index (κ1) is 17.7. The minimum atomic E-state index is -0.181. The van der Waals surface area contributed by atoms with Crippen LogP contribution in [0.3, 0.4) is 0 Å². The van der Waals surface area contributed by atoms with E-state index in [9.17, 15) is 9.59 Å². The Kier molecular flexibility index (Phi) is 5.63. The molecule has 1 aliphatic rings. The molecule has 2 amide bonds. The average molecular weight is 351 g/mol. The predicted molar refractivity (Wildman–Crippen MR) is 99.7 cm³/mol. The zero-order valence-corrected chi connectivity index (χ0v) is 14.6. The molecule has 2 aromatic rings. The summed E-state index contributed by atoms with van der Waals surface area (Å²) in [6.07, 6.45) is 6.41. The van der Waals surface area contributed by atoms with Crippen LogP contribution >= 0.6 is 0 Å². The molecule has 6 nitrogen and oxygen atoms in total. The van der Waals surface area contributed by atoms with Gasteiger partial charge < -0.3 is 15.0 Å². The topological polar surface area (TPSA) is 71.5 Å². The van der Waals surface area contributed by atoms with Crippen LogP contribution < -0.4 is 15.0 Å². The number of benzene rings is 1. The fourth-order valence-electron chi connectivity index (χ4n) is 2.78. The molecule has 0 bridgehead atoms. The van der Waals surface area contributed by atoms with Gasteiger partial charge in [-0.2, -0.15) is 0 Å². The van der Waals surface area contributed by atoms with E-state index in [-0.39, 0.29) is 11.8 Å². The number of aromatic nitrogens is 1. The second-order valence-electron chi connectivity index (χ2n) is 6.00. The monoisotopic (exact) mass is 351 g/mol. The van der Waals surface area contributed by atoms with Gasteiger partial charge in [-0.3, -0.25) is 9.59 Å². The summed E-state index contributed by atoms with van der Waals surface area (Å²) < 4.78 is 5.06. The van der Waals surface area contributed by atoms with E-state index >= 15 is 0 Å². The molecule has 0 aliphatic carbocycles. The van der Waals surface area contributed by atoms with Crippen LogP contribution in [-0.2, 0) is 16.1 Å². The maximum absolute atomic E-state index is 12.0. The van der Waals surface area contributed by atoms with E-state index < -0.39 is 0 Å². The summed E-state index contributed by atoms with van der Waals surface area (Å²) in [7, 11) is 1.55. The molecule has 1 saturated heterocycles. The summed E-state index contributed by atoms with van der Waals surface area (Å²) in [5, 5.41) is 2.82. The largest absolute Gasteiger partial charge is 0.481 e. The SMILES string of the molecule is COc1cc(CNC(=O)/C=C/c2ccc(N3CCCC3=O)cc2)ccn1. The van der Waals surface area contributed by atoms with Gasteiger partial charge in [-0.15, -0.1) is 0 Å². The van der Waals surface area contributed by atoms with Gasteiger partial charge in [0.05, 0.1) is 7.11 Å². The highest BCUT2D eigenvalue weighted by atomic mass is 16.5. The van der Waals surface area contributed by atoms with Crippen LogP contribution in [0, 0.1) is 0 Å². The summed E-state index contributed by atoms with van der Waals surface area (Å²) in [5.74, 6) is 0.504. The van der Waals surface area contributed by atoms with Gasteiger partial charge in [0.25, 0.3) is 0 Å². The van der Waals surface area contributed by atoms with Gasteiger partial charge in [0, 0.05) is 43.5 Å². The number of nitrogens with zero attached hydrogens (tertiary/aromatic N) is 2. The number of carbonyl (C=O) groups excluding carboxylic acids is 2. The normalized spacial score (nSPS) is 14.0. The predicted octanol–water partition coefficient (Wildman–Crippen LogP) is 2.55. The molecular formula is C20H21N3O3. The molecule has 1 aromatic carbocycles. The number of hydrogen-bond donors (Lipinski definition) is 1. The van der Waals surface area contributed by atoms with Crippen LogP contribution in [-0.4, -0.2) is 30.5 Å². The lowest BCUT2D eigenvalue weighted by Gasteiger charge is -2.15. The van der Waals surface area contributed by atoms with Crippen molar-refractivity contribution in [3.63, 3.8) is 0 Å². The molecule has 1 fully saturated rings. The Balaban J connectivity index is 1.53. The highest BCUT2D eigenvalue weighted by molar-refractivity contribution is 5.95. The first-order chi connectivity index (χ1) is 12.7. The van der Waals surface area contributed by atoms with Crippen LogP contribution in [0.15, 0.2) is 48.7 Å². The van der Waals surface area contributed by atoms with Crippen LogP contribution in [0.25, 0.3) is 6.08 Å². The van der Waals surface area contributed by atoms with Crippen molar-refractivity contribution in [3.8, 4) is 5.88 Å². The Bertz CT molecular complexity index is 815. The number of rotatable bonds is 6. The van der Waals surface area contributed by atoms with Gasteiger partial charge in [-0.05, 0) is 41.8 Å². The molecule has 134 valence electrons. The number of ether oxygens (including phenoxy) is 1. The maximum atomic E-state index is 12.0. The third-order valence-corrected chi connectivity index (χ3v) is 4.18. The Morgan fingerprint density at radius 2 is 2.12 bits per heavy atom. The summed E-state index contributed by atoms with van der Waals surface area (Å²) in [4.78, 5) is 29.5. The molecule has 1 aromatic heterocycles. The molecular weight excluding hydrogens is 330 g/mol. The third-order valence-electron chi connectivity index (χ3n) is 4.18. The van der Waals surface area contributed by atoms with E-state index in [1.807, 2.05) is 30.3 Å². The maximum Gasteiger partial charge on any atom is 0.244 e. The summed E-state index contributed by atoms with van der Waals surface area (Å²) in [6.45, 7) is 1.17. The number of carbonyl (C=O) groups is 2. The molecule has 2 heterocycles. The molecule has 1 aliphatic heterocycles. The van der Waals surface area contributed by atoms with Crippen LogP contribution in [0.4, 0.5) is 5.69 Å². The third kappa shape index (κ3) is 4.47. The van der Waals surface area contributed by atoms with Crippen molar-refractivity contribution in [3.05, 3.63) is 59.8 Å². The standard InChI is InChI=1S/C20H21N3O3/c1-26-19-13-16(10-11-21-19)14-22-18(24)9-6-15-4-7-17(8-5-15)23-12-2-3-20(23)25/h4-11,13H,2-3,12,14H2,1H3,(H,22,24)/b9-6+. The number of methoxy groups -OCH3 is 1. The fourth-order valence-corrected chi connectivity index (χ4v) is 2.78. The molecule has 0 atom stereocenters. The number of amides is 2. The average Bonchev–Trinajstić information content (AvgIpc) is 3.11. The van der Waals surface area contributed by atoms with Crippen LogP contribution in [0.2, 0.25) is 0 Å². The smallest absolute Gasteiger partial charge is 0.244 e. The quantitative estimate of drug-likeness (QED) is 0.812. The van der Waals surface area contributed by atoms with Crippen molar-refractivity contribution in [2.45, 2.75) is 19.4 Å². The molecule has 6 heteroatoms. The zero-order chi connectivity index (χ0) is 18.4. The Morgan fingerprint density at radius 3 is 2.81 bits per heavy atom. The zero-order valence-electron chi connectivity index (χ0n) is 14.6. The summed E-state index contributed by atoms with van der Waals surface area (Å²) in [5.41, 5.74) is 2.72. The van der Waals surface area contributed by atoms with E-state index in [1.165, 1.54) is 6.08 Å². The second-order valence-corrected chi connectivity index (χ2v) is 6.00. The molecule has 0 spiro atoms. The first-order valence-corrected chi connectivity index (χ1v) is 8.51. The minimum absolute atomic E-state index is 0.167. The van der Waals surface area contributed by atoms with Gasteiger partial charge in [0.1, 0.15) is 0 Å². The van der Waals surface area contributed by atoms with Crippen molar-refractivity contribution in [1.82, 2.24) is 10.3 Å². The van der Waals surface area contributed by atoms with Crippen molar-refractivity contribution >= 4 is 23.6 Å². The fraction of sp³-hybridized carbons (Fsp3) is 0.250. The van der Waals surface area contributed by atoms with Gasteiger partial charge in [-0.25, -0.2) is 4.98 Å². The number of pyridine rings is 1. The van der Waals surface area contributed by atoms with E-state index in [2.05, 4.69) is 10.3 Å². The lowest BCUT2D eigenvalue weighted by Crippen LogP contribution is -2.23. The van der Waals surface area contributed by atoms with Gasteiger partial charge in [0.15, 0.2) is 0 Å². The molecule has 0 unspecified atom stereocenters. The Morgan fingerprint density at radius 1 is 1.31 bits per heavy atom. The van der Waals surface area contributed by atoms with Crippen molar-refractivity contribution in [2.75, 3.05) is 18.6 Å². The van der Waals surface area contributed by atoms with Gasteiger partial charge >= 0.3 is 0 Å². The minimum Gasteiger partial charge on any atom is -0.481 e. The molecule has 1 N–H and O–H groups in total. The van der Waals surface area contributed by atoms with E-state index in [0.717, 1.165) is 29.8 Å². The van der Waals surface area contributed by atoms with Crippen LogP contribution in [0.1, 0.15) is 24.0 Å². The number of anilines is 1. The first-order valence-electron chi connectivity index (χ1n) is 8.51. The highest BCUT2D eigenvalue weighted by Crippen LogP contribution is 2.21. The van der Waals surface area contributed by atoms with Gasteiger partial charge in [0.2, 0.25) is 17.7 Å². The number of nitrogens with one attached hydrogen (secondary N) is 1. The van der Waals surface area contributed by atoms with Gasteiger partial charge in [-0.1, -0.05) is 12.1 Å². The summed E-state index contributed by atoms with van der Waals surface area (Å²) >= 11 is 0. The van der Waals surface area contributed by atoms with Crippen LogP contribution in [0.5, 0.6) is 5.88 Å². The molecule has 26 heavy (non-hydrogen) atoms. The Hall–Kier alpha value is -3.15. The Labute approximate surface area is 152 Å². The van der Waals surface area contributed by atoms with E-state index in [4.69, 9.17) is 4.74 Å². The van der Waals surface area contributed by atoms with E-state index in [1.54, 1.807) is 30.3 Å². The van der Waals surface area contributed by atoms with Crippen molar-refractivity contribution < 1.29 is 14.3 Å². The highest BCUT2D eigenvalue weighted by Gasteiger charge is 2.21. The second kappa shape index (κ2) is 8.29. The lowest BCUT2D eigenvalue weighted by molar-refractivity contribution is -0.117. The van der Waals surface area contributed by atoms with Crippen molar-refractivity contribution in [2.24, 2.45) is 0 Å². The van der Waals surface area contributed by atoms with E-state index in [0.29, 0.717) is 18.8 Å². The summed E-state index contributed by atoms with van der Waals surface area (Å²) in [6, 6.07) is 11.2. The lowest BCUT2D eigenvalue weighted by atomic mass is 10.2. The number of hydrogen-bond acceptors (Lipinski definition) is 4. The molecule has 0 radical (unpaired) electrons.